The van der Waals surface area contributed by atoms with Gasteiger partial charge in [-0.25, -0.2) is 4.98 Å². The van der Waals surface area contributed by atoms with Crippen LogP contribution in [0.25, 0.3) is 0 Å². The second kappa shape index (κ2) is 16.3. The first kappa shape index (κ1) is 44.7. The van der Waals surface area contributed by atoms with Crippen molar-refractivity contribution in [3.63, 3.8) is 0 Å². The zero-order chi connectivity index (χ0) is 44.4. The van der Waals surface area contributed by atoms with E-state index in [0.717, 1.165) is 49.9 Å². The Kier molecular flexibility index (Phi) is 11.6. The summed E-state index contributed by atoms with van der Waals surface area (Å²) in [5.41, 5.74) is 10.5. The Morgan fingerprint density at radius 1 is 1.00 bits per heavy atom. The number of imidazole rings is 1. The summed E-state index contributed by atoms with van der Waals surface area (Å²) in [5, 5.41) is 63.2. The molecule has 0 amide bonds. The fourth-order valence-corrected chi connectivity index (χ4v) is 19.5. The number of carbonyl (C=O) groups is 1. The van der Waals surface area contributed by atoms with Gasteiger partial charge in [-0.15, -0.1) is 0 Å². The molecule has 1 saturated heterocycles. The zero-order valence-corrected chi connectivity index (χ0v) is 39.7. The zero-order valence-electron chi connectivity index (χ0n) is 38.1. The van der Waals surface area contributed by atoms with Crippen molar-refractivity contribution in [1.29, 1.82) is 0 Å². The number of allylic oxidation sites excluding steroid dienone is 3. The standard InChI is InChI=1S/C50H73N5O6S2/c1-26(56)54-46(51)53-22-28-19-49(5)35-16-29(50(49,61)37-18-38(57)36-17-39(58)40(59)21-48(36,4)43(28)37)23-62-63-24-30(55-14-13-52-25-55)20-47(2,3)44-33-11-7-6-10-31(33)32-12-8-9-27-15-34(35)45(60)42(44)41(27)32/h13-14,18,25-31,34-36,39-40,42-43,45,56,58-61H,6-12,15-17,19-24H2,1-5H3,(H3,51,53,54)/t26-,27-,28+,29+,30-,31+,34-,35+,36-,39+,40-,42+,43-,45-,48-,49+,50+/m0/s1. The van der Waals surface area contributed by atoms with Crippen LogP contribution in [0.15, 0.2) is 57.7 Å². The first-order valence-electron chi connectivity index (χ1n) is 24.4. The predicted octanol–water partition coefficient (Wildman–Crippen LogP) is 6.73. The van der Waals surface area contributed by atoms with Crippen molar-refractivity contribution >= 4 is 33.3 Å². The topological polar surface area (TPSA) is 186 Å². The highest BCUT2D eigenvalue weighted by Crippen LogP contribution is 2.73. The molecule has 8 N–H and O–H groups in total. The van der Waals surface area contributed by atoms with Gasteiger partial charge in [-0.3, -0.25) is 9.79 Å². The second-order valence-electron chi connectivity index (χ2n) is 22.8. The Hall–Kier alpha value is -2.13. The fraction of sp³-hybridized carbons (Fsp3) is 0.780. The van der Waals surface area contributed by atoms with Gasteiger partial charge in [0.25, 0.3) is 0 Å². The van der Waals surface area contributed by atoms with Crippen molar-refractivity contribution in [1.82, 2.24) is 14.9 Å². The van der Waals surface area contributed by atoms with Gasteiger partial charge >= 0.3 is 0 Å². The van der Waals surface area contributed by atoms with Crippen molar-refractivity contribution in [3.8, 4) is 0 Å². The molecule has 5 saturated carbocycles. The van der Waals surface area contributed by atoms with Gasteiger partial charge < -0.3 is 41.2 Å². The summed E-state index contributed by atoms with van der Waals surface area (Å²) in [4.78, 5) is 24.0. The number of hydrogen-bond acceptors (Lipinski definition) is 10. The number of ketones is 1. The first-order chi connectivity index (χ1) is 30.0. The summed E-state index contributed by atoms with van der Waals surface area (Å²) in [5.74, 6) is 1.25. The number of fused-ring (bicyclic) bond motifs is 13. The molecule has 63 heavy (non-hydrogen) atoms. The van der Waals surface area contributed by atoms with E-state index in [1.165, 1.54) is 31.3 Å². The number of aliphatic hydroxyl groups is 5. The Balaban J connectivity index is 1.14. The molecule has 13 heteroatoms. The van der Waals surface area contributed by atoms with Gasteiger partial charge in [0.2, 0.25) is 0 Å². The molecule has 1 aliphatic heterocycles. The number of hydrogen-bond donors (Lipinski definition) is 7. The monoisotopic (exact) mass is 904 g/mol. The number of carbonyl (C=O) groups excluding carboxylic acids is 1. The van der Waals surface area contributed by atoms with Crippen molar-refractivity contribution < 1.29 is 30.3 Å². The minimum absolute atomic E-state index is 0.0271. The fourth-order valence-electron chi connectivity index (χ4n) is 16.8. The summed E-state index contributed by atoms with van der Waals surface area (Å²) >= 11 is 0. The molecule has 0 aromatic carbocycles. The lowest BCUT2D eigenvalue weighted by Gasteiger charge is -2.64. The van der Waals surface area contributed by atoms with Crippen LogP contribution in [-0.2, 0) is 4.79 Å². The number of nitrogens with zero attached hydrogens (tertiary/aromatic N) is 3. The average molecular weight is 904 g/mol. The average Bonchev–Trinajstić information content (AvgIpc) is 3.85. The number of aliphatic hydroxyl groups excluding tert-OH is 4. The van der Waals surface area contributed by atoms with Crippen LogP contribution < -0.4 is 11.1 Å². The van der Waals surface area contributed by atoms with Gasteiger partial charge in [0.1, 0.15) is 6.23 Å². The number of aliphatic imine (C=N–C) groups is 1. The molecule has 6 fully saturated rings. The van der Waals surface area contributed by atoms with Gasteiger partial charge in [0.05, 0.1) is 30.2 Å². The lowest BCUT2D eigenvalue weighted by molar-refractivity contribution is -0.171. The Bertz CT molecular complexity index is 2090. The van der Waals surface area contributed by atoms with Crippen molar-refractivity contribution in [2.45, 2.75) is 154 Å². The van der Waals surface area contributed by atoms with E-state index in [2.05, 4.69) is 48.8 Å². The molecule has 8 aliphatic carbocycles. The van der Waals surface area contributed by atoms with Gasteiger partial charge in [-0.2, -0.15) is 0 Å². The Labute approximate surface area is 382 Å². The lowest BCUT2D eigenvalue weighted by Crippen LogP contribution is -2.65. The molecule has 1 aromatic rings. The van der Waals surface area contributed by atoms with E-state index in [0.29, 0.717) is 30.6 Å². The molecule has 346 valence electrons. The number of guanidine groups is 1. The highest BCUT2D eigenvalue weighted by atomic mass is 33.1. The van der Waals surface area contributed by atoms with Gasteiger partial charge in [0, 0.05) is 65.6 Å². The molecule has 10 rings (SSSR count). The maximum atomic E-state index is 14.6. The van der Waals surface area contributed by atoms with Crippen LogP contribution in [0.5, 0.6) is 0 Å². The van der Waals surface area contributed by atoms with Gasteiger partial charge in [0.15, 0.2) is 11.7 Å². The molecule has 0 spiro atoms. The summed E-state index contributed by atoms with van der Waals surface area (Å²) in [6.45, 7) is 11.2. The number of nitrogens with one attached hydrogen (secondary N) is 1. The molecule has 2 heterocycles. The van der Waals surface area contributed by atoms with Crippen LogP contribution in [-0.4, -0.2) is 95.0 Å². The number of aromatic nitrogens is 2. The maximum absolute atomic E-state index is 14.6. The predicted molar refractivity (Wildman–Crippen MR) is 249 cm³/mol. The van der Waals surface area contributed by atoms with E-state index in [-0.39, 0.29) is 71.5 Å². The summed E-state index contributed by atoms with van der Waals surface area (Å²) in [6.07, 6.45) is 16.1. The minimum Gasteiger partial charge on any atom is -0.392 e. The van der Waals surface area contributed by atoms with E-state index < -0.39 is 46.9 Å². The third-order valence-corrected chi connectivity index (χ3v) is 21.6. The molecule has 17 atom stereocenters. The van der Waals surface area contributed by atoms with Crippen molar-refractivity contribution in [2.75, 3.05) is 18.1 Å². The molecular weight excluding hydrogens is 831 g/mol. The quantitative estimate of drug-likeness (QED) is 0.0559. The number of rotatable bonds is 4. The van der Waals surface area contributed by atoms with E-state index in [4.69, 9.17) is 10.7 Å². The first-order valence-corrected chi connectivity index (χ1v) is 26.9. The van der Waals surface area contributed by atoms with E-state index in [1.54, 1.807) is 29.7 Å². The van der Waals surface area contributed by atoms with Crippen LogP contribution >= 0.6 is 21.6 Å². The molecule has 1 aromatic heterocycles. The van der Waals surface area contributed by atoms with Gasteiger partial charge in [-0.1, -0.05) is 78.0 Å². The van der Waals surface area contributed by atoms with Crippen LogP contribution in [0.4, 0.5) is 0 Å². The maximum Gasteiger partial charge on any atom is 0.190 e. The summed E-state index contributed by atoms with van der Waals surface area (Å²) < 4.78 is 2.29. The molecule has 0 unspecified atom stereocenters. The smallest absolute Gasteiger partial charge is 0.190 e. The summed E-state index contributed by atoms with van der Waals surface area (Å²) in [6, 6.07) is 0.191. The molecule has 9 aliphatic rings. The van der Waals surface area contributed by atoms with E-state index >= 15 is 0 Å². The third-order valence-electron chi connectivity index (χ3n) is 19.0. The largest absolute Gasteiger partial charge is 0.392 e. The van der Waals surface area contributed by atoms with Crippen LogP contribution in [0.1, 0.15) is 124 Å². The SMILES string of the molecule is C[C@H](O)NC(N)=NC[C@H]1C[C@]2(C)[C@@H]3C[C@H](CSSC[C@@H](n4ccnc4)CC(C)(C)C4=C5CCCC[C@@H]5C5=C6[C@@H](CCC5)C[C@@H]3[C@H](O)[C@H]64)[C@@]2(O)C2=CC(=O)[C@@H]3C[C@@H](O)[C@@H](O)C[C@]3(C)[C@H]21. The van der Waals surface area contributed by atoms with Crippen LogP contribution in [0.3, 0.4) is 0 Å². The highest BCUT2D eigenvalue weighted by molar-refractivity contribution is 8.76. The van der Waals surface area contributed by atoms with Crippen molar-refractivity contribution in [2.24, 2.45) is 80.2 Å². The van der Waals surface area contributed by atoms with E-state index in [9.17, 15) is 30.3 Å². The summed E-state index contributed by atoms with van der Waals surface area (Å²) in [7, 11) is 3.72. The molecular formula is C50H73N5O6S2. The molecule has 0 radical (unpaired) electrons. The second-order valence-corrected chi connectivity index (χ2v) is 25.4. The highest BCUT2D eigenvalue weighted by Gasteiger charge is 2.73. The third kappa shape index (κ3) is 6.95. The normalized spacial score (nSPS) is 46.4. The molecule has 4 bridgehead atoms. The molecule has 11 nitrogen and oxygen atoms in total. The Morgan fingerprint density at radius 2 is 1.78 bits per heavy atom. The van der Waals surface area contributed by atoms with Crippen LogP contribution in [0, 0.1) is 69.5 Å². The number of nitrogens with two attached hydrogens (primary N) is 1. The lowest BCUT2D eigenvalue weighted by atomic mass is 9.42. The minimum atomic E-state index is -1.36. The van der Waals surface area contributed by atoms with Crippen LogP contribution in [0.2, 0.25) is 0 Å². The van der Waals surface area contributed by atoms with Gasteiger partial charge in [-0.05, 0) is 136 Å². The van der Waals surface area contributed by atoms with Crippen molar-refractivity contribution in [3.05, 3.63) is 52.7 Å². The van der Waals surface area contributed by atoms with E-state index in [1.807, 2.05) is 34.1 Å². The Morgan fingerprint density at radius 3 is 2.54 bits per heavy atom.